The van der Waals surface area contributed by atoms with Gasteiger partial charge in [-0.05, 0) is 50.1 Å². The van der Waals surface area contributed by atoms with Gasteiger partial charge in [0.05, 0.1) is 30.9 Å². The zero-order valence-corrected chi connectivity index (χ0v) is 20.1. The molecule has 2 aromatic heterocycles. The molecular formula is C25H25N5O3S. The van der Waals surface area contributed by atoms with E-state index in [9.17, 15) is 4.79 Å². The number of methoxy groups -OCH3 is 2. The predicted molar refractivity (Wildman–Crippen MR) is 134 cm³/mol. The van der Waals surface area contributed by atoms with Crippen LogP contribution in [0.2, 0.25) is 0 Å². The summed E-state index contributed by atoms with van der Waals surface area (Å²) in [4.78, 5) is 30.3. The lowest BCUT2D eigenvalue weighted by Gasteiger charge is -2.20. The number of amides is 1. The van der Waals surface area contributed by atoms with Crippen molar-refractivity contribution < 1.29 is 14.3 Å². The van der Waals surface area contributed by atoms with Crippen molar-refractivity contribution in [3.05, 3.63) is 53.0 Å². The standard InChI is InChI=1S/C25H25N5O3S/c1-15-21(34-25(26-15)16-10-11-19(32-2)20(14-16)33-3)24(31)29-22-23(30-12-6-7-13-30)28-18-9-5-4-8-17(18)27-22/h4-5,8-11,14H,6-7,12-13H2,1-3H3,(H,27,29,31). The molecule has 8 nitrogen and oxygen atoms in total. The molecule has 0 bridgehead atoms. The number of aryl methyl sites for hydroxylation is 1. The Hall–Kier alpha value is -3.72. The molecule has 5 rings (SSSR count). The van der Waals surface area contributed by atoms with Gasteiger partial charge in [-0.25, -0.2) is 15.0 Å². The number of carbonyl (C=O) groups is 1. The molecule has 1 saturated heterocycles. The molecule has 1 aliphatic rings. The van der Waals surface area contributed by atoms with Gasteiger partial charge in [0.1, 0.15) is 9.88 Å². The van der Waals surface area contributed by atoms with Crippen LogP contribution in [0.15, 0.2) is 42.5 Å². The van der Waals surface area contributed by atoms with Crippen LogP contribution in [-0.2, 0) is 0 Å². The Morgan fingerprint density at radius 3 is 2.38 bits per heavy atom. The number of aromatic nitrogens is 3. The Morgan fingerprint density at radius 2 is 1.68 bits per heavy atom. The molecule has 0 unspecified atom stereocenters. The summed E-state index contributed by atoms with van der Waals surface area (Å²) in [7, 11) is 3.19. The number of ether oxygens (including phenoxy) is 2. The molecule has 0 aliphatic carbocycles. The van der Waals surface area contributed by atoms with Crippen molar-refractivity contribution >= 4 is 39.9 Å². The molecule has 1 aliphatic heterocycles. The van der Waals surface area contributed by atoms with Gasteiger partial charge in [-0.2, -0.15) is 0 Å². The van der Waals surface area contributed by atoms with E-state index >= 15 is 0 Å². The van der Waals surface area contributed by atoms with Crippen molar-refractivity contribution in [2.24, 2.45) is 0 Å². The van der Waals surface area contributed by atoms with Crippen molar-refractivity contribution in [2.45, 2.75) is 19.8 Å². The quantitative estimate of drug-likeness (QED) is 0.423. The second-order valence-corrected chi connectivity index (χ2v) is 9.04. The Bertz CT molecular complexity index is 1360. The lowest BCUT2D eigenvalue weighted by Crippen LogP contribution is -2.23. The number of fused-ring (bicyclic) bond motifs is 1. The molecule has 174 valence electrons. The number of thiazole rings is 1. The van der Waals surface area contributed by atoms with Crippen molar-refractivity contribution in [1.29, 1.82) is 0 Å². The lowest BCUT2D eigenvalue weighted by atomic mass is 10.2. The Balaban J connectivity index is 1.47. The number of para-hydroxylation sites is 2. The summed E-state index contributed by atoms with van der Waals surface area (Å²) in [6.45, 7) is 3.64. The highest BCUT2D eigenvalue weighted by Gasteiger charge is 2.23. The highest BCUT2D eigenvalue weighted by Crippen LogP contribution is 2.35. The van der Waals surface area contributed by atoms with E-state index in [1.807, 2.05) is 49.4 Å². The number of nitrogens with one attached hydrogen (secondary N) is 1. The van der Waals surface area contributed by atoms with E-state index in [2.05, 4.69) is 15.2 Å². The van der Waals surface area contributed by atoms with Gasteiger partial charge in [0.25, 0.3) is 5.91 Å². The summed E-state index contributed by atoms with van der Waals surface area (Å²) in [5.41, 5.74) is 3.07. The van der Waals surface area contributed by atoms with Crippen LogP contribution < -0.4 is 19.7 Å². The zero-order chi connectivity index (χ0) is 23.7. The maximum atomic E-state index is 13.3. The van der Waals surface area contributed by atoms with Crippen molar-refractivity contribution in [1.82, 2.24) is 15.0 Å². The second kappa shape index (κ2) is 9.26. The fourth-order valence-electron chi connectivity index (χ4n) is 4.09. The molecular weight excluding hydrogens is 450 g/mol. The SMILES string of the molecule is COc1ccc(-c2nc(C)c(C(=O)Nc3nc4ccccc4nc3N3CCCC3)s2)cc1OC. The predicted octanol–water partition coefficient (Wildman–Crippen LogP) is 4.93. The van der Waals surface area contributed by atoms with E-state index in [0.717, 1.165) is 47.5 Å². The second-order valence-electron chi connectivity index (χ2n) is 8.04. The zero-order valence-electron chi connectivity index (χ0n) is 19.3. The van der Waals surface area contributed by atoms with Gasteiger partial charge in [0.2, 0.25) is 0 Å². The first kappa shape index (κ1) is 22.1. The van der Waals surface area contributed by atoms with Crippen molar-refractivity contribution in [2.75, 3.05) is 37.5 Å². The van der Waals surface area contributed by atoms with Crippen LogP contribution >= 0.6 is 11.3 Å². The minimum absolute atomic E-state index is 0.244. The maximum Gasteiger partial charge on any atom is 0.268 e. The van der Waals surface area contributed by atoms with Crippen LogP contribution in [-0.4, -0.2) is 48.2 Å². The number of hydrogen-bond donors (Lipinski definition) is 1. The molecule has 34 heavy (non-hydrogen) atoms. The number of nitrogens with zero attached hydrogens (tertiary/aromatic N) is 4. The number of benzene rings is 2. The first-order valence-electron chi connectivity index (χ1n) is 11.1. The number of anilines is 2. The number of carbonyl (C=O) groups excluding carboxylic acids is 1. The molecule has 4 aromatic rings. The van der Waals surface area contributed by atoms with Crippen LogP contribution in [0.5, 0.6) is 11.5 Å². The van der Waals surface area contributed by atoms with Crippen molar-refractivity contribution in [3.63, 3.8) is 0 Å². The normalized spacial score (nSPS) is 13.3. The van der Waals surface area contributed by atoms with Gasteiger partial charge >= 0.3 is 0 Å². The Kier molecular flexibility index (Phi) is 6.02. The van der Waals surface area contributed by atoms with Gasteiger partial charge in [-0.1, -0.05) is 12.1 Å². The van der Waals surface area contributed by atoms with E-state index < -0.39 is 0 Å². The third-order valence-corrected chi connectivity index (χ3v) is 7.03. The van der Waals surface area contributed by atoms with Crippen LogP contribution in [0.3, 0.4) is 0 Å². The van der Waals surface area contributed by atoms with Gasteiger partial charge < -0.3 is 19.7 Å². The van der Waals surface area contributed by atoms with Crippen molar-refractivity contribution in [3.8, 4) is 22.1 Å². The van der Waals surface area contributed by atoms with Crippen LogP contribution in [0.4, 0.5) is 11.6 Å². The van der Waals surface area contributed by atoms with E-state index in [4.69, 9.17) is 19.4 Å². The minimum Gasteiger partial charge on any atom is -0.493 e. The Labute approximate surface area is 201 Å². The fourth-order valence-corrected chi connectivity index (χ4v) is 5.05. The third kappa shape index (κ3) is 4.14. The average Bonchev–Trinajstić information content (AvgIpc) is 3.53. The summed E-state index contributed by atoms with van der Waals surface area (Å²) in [6, 6.07) is 13.3. The highest BCUT2D eigenvalue weighted by atomic mass is 32.1. The molecule has 0 radical (unpaired) electrons. The maximum absolute atomic E-state index is 13.3. The molecule has 0 saturated carbocycles. The average molecular weight is 476 g/mol. The smallest absolute Gasteiger partial charge is 0.268 e. The summed E-state index contributed by atoms with van der Waals surface area (Å²) in [5, 5.41) is 3.74. The number of hydrogen-bond acceptors (Lipinski definition) is 8. The molecule has 3 heterocycles. The molecule has 9 heteroatoms. The molecule has 1 N–H and O–H groups in total. The molecule has 1 amide bonds. The number of rotatable bonds is 6. The van der Waals surface area contributed by atoms with Gasteiger partial charge in [-0.3, -0.25) is 4.79 Å². The highest BCUT2D eigenvalue weighted by molar-refractivity contribution is 7.17. The van der Waals surface area contributed by atoms with Gasteiger partial charge in [-0.15, -0.1) is 11.3 Å². The largest absolute Gasteiger partial charge is 0.493 e. The summed E-state index contributed by atoms with van der Waals surface area (Å²) in [5.74, 6) is 2.20. The first-order valence-corrected chi connectivity index (χ1v) is 11.9. The molecule has 0 atom stereocenters. The van der Waals surface area contributed by atoms with Crippen LogP contribution in [0.25, 0.3) is 21.6 Å². The third-order valence-electron chi connectivity index (χ3n) is 5.82. The summed E-state index contributed by atoms with van der Waals surface area (Å²) in [6.07, 6.45) is 2.20. The molecule has 0 spiro atoms. The van der Waals surface area contributed by atoms with Gasteiger partial charge in [0.15, 0.2) is 23.1 Å². The monoisotopic (exact) mass is 475 g/mol. The summed E-state index contributed by atoms with van der Waals surface area (Å²) < 4.78 is 10.7. The molecule has 2 aromatic carbocycles. The lowest BCUT2D eigenvalue weighted by molar-refractivity contribution is 0.102. The van der Waals surface area contributed by atoms with E-state index in [-0.39, 0.29) is 5.91 Å². The van der Waals surface area contributed by atoms with E-state index in [0.29, 0.717) is 33.7 Å². The molecule has 1 fully saturated rings. The van der Waals surface area contributed by atoms with Gasteiger partial charge in [0, 0.05) is 18.7 Å². The van der Waals surface area contributed by atoms with E-state index in [1.165, 1.54) is 11.3 Å². The first-order chi connectivity index (χ1) is 16.6. The van der Waals surface area contributed by atoms with Crippen LogP contribution in [0, 0.1) is 6.92 Å². The topological polar surface area (TPSA) is 89.5 Å². The van der Waals surface area contributed by atoms with Crippen LogP contribution in [0.1, 0.15) is 28.2 Å². The fraction of sp³-hybridized carbons (Fsp3) is 0.280. The van der Waals surface area contributed by atoms with E-state index in [1.54, 1.807) is 14.2 Å². The summed E-state index contributed by atoms with van der Waals surface area (Å²) >= 11 is 1.33. The minimum atomic E-state index is -0.244. The Morgan fingerprint density at radius 1 is 0.971 bits per heavy atom.